The SMILES string of the molecule is CCOc1ccc(-c2[nH]nc3c2C2(C(=O)N(CC(=O)OC)c4ccccc42)C(C#N)=C(N)O3)cc1. The highest BCUT2D eigenvalue weighted by molar-refractivity contribution is 6.16. The van der Waals surface area contributed by atoms with Gasteiger partial charge in [0.2, 0.25) is 17.7 Å². The van der Waals surface area contributed by atoms with E-state index in [1.54, 1.807) is 36.4 Å². The summed E-state index contributed by atoms with van der Waals surface area (Å²) in [5, 5.41) is 17.4. The number of esters is 1. The van der Waals surface area contributed by atoms with Crippen LogP contribution in [0.2, 0.25) is 0 Å². The Hall–Kier alpha value is -4.78. The highest BCUT2D eigenvalue weighted by atomic mass is 16.5. The Labute approximate surface area is 200 Å². The summed E-state index contributed by atoms with van der Waals surface area (Å²) >= 11 is 0. The van der Waals surface area contributed by atoms with Crippen molar-refractivity contribution in [2.24, 2.45) is 5.73 Å². The van der Waals surface area contributed by atoms with Gasteiger partial charge in [0.05, 0.1) is 25.0 Å². The molecule has 3 N–H and O–H groups in total. The van der Waals surface area contributed by atoms with Crippen molar-refractivity contribution in [1.29, 1.82) is 5.26 Å². The Bertz CT molecular complexity index is 1420. The second-order valence-electron chi connectivity index (χ2n) is 7.92. The molecule has 0 saturated carbocycles. The predicted octanol–water partition coefficient (Wildman–Crippen LogP) is 2.37. The van der Waals surface area contributed by atoms with Gasteiger partial charge in [0, 0.05) is 16.8 Å². The van der Waals surface area contributed by atoms with Crippen LogP contribution in [-0.2, 0) is 19.7 Å². The van der Waals surface area contributed by atoms with Crippen molar-refractivity contribution >= 4 is 17.6 Å². The summed E-state index contributed by atoms with van der Waals surface area (Å²) in [6, 6.07) is 16.3. The van der Waals surface area contributed by atoms with E-state index in [4.69, 9.17) is 19.9 Å². The molecule has 1 unspecified atom stereocenters. The summed E-state index contributed by atoms with van der Waals surface area (Å²) in [5.74, 6) is -0.598. The maximum Gasteiger partial charge on any atom is 0.325 e. The van der Waals surface area contributed by atoms with Crippen LogP contribution in [0.15, 0.2) is 60.0 Å². The molecule has 5 rings (SSSR count). The Balaban J connectivity index is 1.79. The molecule has 0 aliphatic carbocycles. The van der Waals surface area contributed by atoms with E-state index in [-0.39, 0.29) is 23.9 Å². The number of amides is 1. The van der Waals surface area contributed by atoms with E-state index >= 15 is 0 Å². The molecule has 2 aliphatic rings. The number of nitrogens with two attached hydrogens (primary N) is 1. The monoisotopic (exact) mass is 471 g/mol. The number of aromatic amines is 1. The van der Waals surface area contributed by atoms with Gasteiger partial charge in [-0.3, -0.25) is 19.6 Å². The number of hydrogen-bond acceptors (Lipinski definition) is 8. The molecule has 0 fully saturated rings. The van der Waals surface area contributed by atoms with E-state index in [0.717, 1.165) is 0 Å². The Morgan fingerprint density at radius 1 is 1.26 bits per heavy atom. The van der Waals surface area contributed by atoms with Crippen molar-refractivity contribution in [3.63, 3.8) is 0 Å². The normalized spacial score (nSPS) is 18.1. The van der Waals surface area contributed by atoms with Crippen LogP contribution in [0.5, 0.6) is 11.6 Å². The number of nitrogens with one attached hydrogen (secondary N) is 1. The van der Waals surface area contributed by atoms with Gasteiger partial charge in [-0.05, 0) is 37.3 Å². The quantitative estimate of drug-likeness (QED) is 0.540. The summed E-state index contributed by atoms with van der Waals surface area (Å²) in [6.07, 6.45) is 0. The number of hydrogen-bond donors (Lipinski definition) is 2. The molecule has 10 nitrogen and oxygen atoms in total. The van der Waals surface area contributed by atoms with Gasteiger partial charge in [0.15, 0.2) is 0 Å². The van der Waals surface area contributed by atoms with Gasteiger partial charge in [0.25, 0.3) is 0 Å². The smallest absolute Gasteiger partial charge is 0.325 e. The van der Waals surface area contributed by atoms with Crippen LogP contribution in [0.25, 0.3) is 11.3 Å². The fourth-order valence-electron chi connectivity index (χ4n) is 4.73. The van der Waals surface area contributed by atoms with E-state index in [9.17, 15) is 14.9 Å². The average molecular weight is 471 g/mol. The third-order valence-electron chi connectivity index (χ3n) is 6.18. The van der Waals surface area contributed by atoms with E-state index in [1.165, 1.54) is 12.0 Å². The molecule has 3 heterocycles. The Morgan fingerprint density at radius 3 is 2.69 bits per heavy atom. The van der Waals surface area contributed by atoms with Crippen LogP contribution in [-0.4, -0.2) is 42.3 Å². The summed E-state index contributed by atoms with van der Waals surface area (Å²) in [4.78, 5) is 27.8. The van der Waals surface area contributed by atoms with Crippen molar-refractivity contribution in [3.05, 3.63) is 71.1 Å². The molecule has 1 spiro atoms. The number of benzene rings is 2. The number of nitrogens with zero attached hydrogens (tertiary/aromatic N) is 3. The largest absolute Gasteiger partial charge is 0.494 e. The van der Waals surface area contributed by atoms with Gasteiger partial charge in [0.1, 0.15) is 29.4 Å². The molecular formula is C25H21N5O5. The number of methoxy groups -OCH3 is 1. The van der Waals surface area contributed by atoms with Crippen LogP contribution < -0.4 is 20.1 Å². The van der Waals surface area contributed by atoms with Crippen molar-refractivity contribution in [2.45, 2.75) is 12.3 Å². The second kappa shape index (κ2) is 8.22. The number of carbonyl (C=O) groups excluding carboxylic acids is 2. The fourth-order valence-corrected chi connectivity index (χ4v) is 4.73. The first kappa shape index (κ1) is 22.0. The zero-order valence-corrected chi connectivity index (χ0v) is 19.0. The van der Waals surface area contributed by atoms with Crippen molar-refractivity contribution in [2.75, 3.05) is 25.2 Å². The topological polar surface area (TPSA) is 144 Å². The minimum absolute atomic E-state index is 0.0773. The number of rotatable bonds is 5. The first-order chi connectivity index (χ1) is 17.0. The molecule has 0 saturated heterocycles. The van der Waals surface area contributed by atoms with E-state index in [0.29, 0.717) is 40.4 Å². The van der Waals surface area contributed by atoms with Crippen LogP contribution >= 0.6 is 0 Å². The number of fused-ring (bicyclic) bond motifs is 4. The molecule has 0 radical (unpaired) electrons. The summed E-state index contributed by atoms with van der Waals surface area (Å²) in [6.45, 7) is 2.08. The van der Waals surface area contributed by atoms with Gasteiger partial charge in [-0.25, -0.2) is 0 Å². The minimum atomic E-state index is -1.67. The third-order valence-corrected chi connectivity index (χ3v) is 6.18. The molecule has 1 aromatic heterocycles. The molecule has 1 amide bonds. The maximum absolute atomic E-state index is 14.2. The molecule has 176 valence electrons. The van der Waals surface area contributed by atoms with Gasteiger partial charge < -0.3 is 19.9 Å². The van der Waals surface area contributed by atoms with Crippen LogP contribution in [0.1, 0.15) is 18.1 Å². The van der Waals surface area contributed by atoms with Gasteiger partial charge >= 0.3 is 5.97 Å². The molecule has 2 aromatic carbocycles. The number of aromatic nitrogens is 2. The number of anilines is 1. The molecule has 0 bridgehead atoms. The van der Waals surface area contributed by atoms with Crippen molar-refractivity contribution in [3.8, 4) is 29.0 Å². The first-order valence-electron chi connectivity index (χ1n) is 10.9. The molecule has 35 heavy (non-hydrogen) atoms. The highest BCUT2D eigenvalue weighted by Gasteiger charge is 2.61. The van der Waals surface area contributed by atoms with Crippen LogP contribution in [0.3, 0.4) is 0 Å². The minimum Gasteiger partial charge on any atom is -0.494 e. The zero-order chi connectivity index (χ0) is 24.7. The lowest BCUT2D eigenvalue weighted by Crippen LogP contribution is -2.47. The van der Waals surface area contributed by atoms with Crippen LogP contribution in [0.4, 0.5) is 5.69 Å². The third kappa shape index (κ3) is 3.05. The number of carbonyl (C=O) groups is 2. The maximum atomic E-state index is 14.2. The highest BCUT2D eigenvalue weighted by Crippen LogP contribution is 2.56. The van der Waals surface area contributed by atoms with Gasteiger partial charge in [-0.15, -0.1) is 5.10 Å². The molecule has 10 heteroatoms. The van der Waals surface area contributed by atoms with E-state index < -0.39 is 17.3 Å². The standard InChI is InChI=1S/C25H21N5O5/c1-3-34-15-10-8-14(9-11-15)21-20-23(29-28-21)35-22(27)17(12-26)25(20)16-6-4-5-7-18(16)30(24(25)32)13-19(31)33-2/h4-11H,3,13,27H2,1-2H3,(H,28,29). The number of ether oxygens (including phenoxy) is 3. The Morgan fingerprint density at radius 2 is 2.00 bits per heavy atom. The summed E-state index contributed by atoms with van der Waals surface area (Å²) in [7, 11) is 1.25. The number of nitriles is 1. The predicted molar refractivity (Wildman–Crippen MR) is 124 cm³/mol. The van der Waals surface area contributed by atoms with E-state index in [2.05, 4.69) is 16.3 Å². The van der Waals surface area contributed by atoms with Gasteiger partial charge in [-0.2, -0.15) is 5.26 Å². The zero-order valence-electron chi connectivity index (χ0n) is 19.0. The number of H-pyrrole nitrogens is 1. The Kier molecular flexibility index (Phi) is 5.17. The van der Waals surface area contributed by atoms with Gasteiger partial charge in [-0.1, -0.05) is 18.2 Å². The number of para-hydroxylation sites is 1. The lowest BCUT2D eigenvalue weighted by atomic mass is 9.68. The van der Waals surface area contributed by atoms with E-state index in [1.807, 2.05) is 19.1 Å². The van der Waals surface area contributed by atoms with Crippen molar-refractivity contribution in [1.82, 2.24) is 10.2 Å². The fraction of sp³-hybridized carbons (Fsp3) is 0.200. The van der Waals surface area contributed by atoms with Crippen molar-refractivity contribution < 1.29 is 23.8 Å². The molecular weight excluding hydrogens is 450 g/mol. The summed E-state index contributed by atoms with van der Waals surface area (Å²) in [5.41, 5.74) is 6.88. The molecule has 3 aromatic rings. The molecule has 1 atom stereocenters. The lowest BCUT2D eigenvalue weighted by molar-refractivity contribution is -0.140. The average Bonchev–Trinajstić information content (AvgIpc) is 3.39. The molecule has 2 aliphatic heterocycles. The second-order valence-corrected chi connectivity index (χ2v) is 7.92. The van der Waals surface area contributed by atoms with Crippen LogP contribution in [0, 0.1) is 11.3 Å². The lowest BCUT2D eigenvalue weighted by Gasteiger charge is -2.32. The first-order valence-corrected chi connectivity index (χ1v) is 10.9. The summed E-state index contributed by atoms with van der Waals surface area (Å²) < 4.78 is 16.0.